The molecule has 0 aromatic rings. The summed E-state index contributed by atoms with van der Waals surface area (Å²) >= 11 is 0. The number of likely N-dealkylation sites (N-methyl/N-ethyl adjacent to an activating group) is 1. The lowest BCUT2D eigenvalue weighted by molar-refractivity contribution is -0.332. The molecule has 7 rings (SSSR count). The minimum atomic E-state index is -1.12. The van der Waals surface area contributed by atoms with Crippen molar-refractivity contribution in [3.05, 3.63) is 0 Å². The number of hydrogen-bond donors (Lipinski definition) is 2. The van der Waals surface area contributed by atoms with Crippen LogP contribution in [0.15, 0.2) is 0 Å². The highest BCUT2D eigenvalue weighted by Crippen LogP contribution is 2.83. The molecule has 7 fully saturated rings. The first-order valence-corrected chi connectivity index (χ1v) is 12.8. The Balaban J connectivity index is 1.60. The number of rotatable bonds is 4. The fraction of sp³-hybridized carbons (Fsp3) is 1.00. The predicted octanol–water partition coefficient (Wildman–Crippen LogP) is 0.779. The van der Waals surface area contributed by atoms with Gasteiger partial charge >= 0.3 is 0 Å². The second-order valence-electron chi connectivity index (χ2n) is 12.3. The van der Waals surface area contributed by atoms with Crippen molar-refractivity contribution in [2.24, 2.45) is 28.6 Å². The van der Waals surface area contributed by atoms with E-state index in [0.717, 1.165) is 25.9 Å². The molecule has 2 aliphatic heterocycles. The third kappa shape index (κ3) is 1.85. The van der Waals surface area contributed by atoms with Crippen molar-refractivity contribution in [3.8, 4) is 0 Å². The molecular formula is C25H39NO7. The molecule has 2 heterocycles. The number of fused-ring (bicyclic) bond motifs is 1. The number of likely N-dealkylation sites (tertiary alicyclic amines) is 1. The Hall–Kier alpha value is -0.320. The molecule has 186 valence electrons. The minimum absolute atomic E-state index is 0.0641. The highest BCUT2D eigenvalue weighted by atomic mass is 16.7. The molecule has 33 heavy (non-hydrogen) atoms. The van der Waals surface area contributed by atoms with Gasteiger partial charge in [0.25, 0.3) is 0 Å². The minimum Gasteiger partial charge on any atom is -0.390 e. The summed E-state index contributed by atoms with van der Waals surface area (Å²) in [5.41, 5.74) is -3.76. The first-order chi connectivity index (χ1) is 15.8. The lowest BCUT2D eigenvalue weighted by atomic mass is 9.41. The standard InChI is InChI=1S/C25H39NO7/c1-6-26-11-21(2)8-7-15(30-4)24-18(21)19(27)25(20(24)26)23(32-12-33-25)10-14(29-3)13-9-22(24,28)17(23)16(13)31-5/h13-20,27-28H,6-12H2,1-5H3/t13-,14+,15+,16+,17+,18-,19+,20?,21+,22+,23-,24-,25-/m1/s1. The molecule has 0 aromatic heterocycles. The summed E-state index contributed by atoms with van der Waals surface area (Å²) in [6.07, 6.45) is 1.72. The normalized spacial score (nSPS) is 64.8. The molecule has 0 aromatic carbocycles. The van der Waals surface area contributed by atoms with Gasteiger partial charge in [0.2, 0.25) is 0 Å². The average molecular weight is 466 g/mol. The Labute approximate surface area is 195 Å². The van der Waals surface area contributed by atoms with Crippen molar-refractivity contribution in [1.82, 2.24) is 4.90 Å². The van der Waals surface area contributed by atoms with Gasteiger partial charge in [-0.05, 0) is 31.2 Å². The highest BCUT2D eigenvalue weighted by molar-refractivity contribution is 5.46. The number of piperidine rings is 1. The summed E-state index contributed by atoms with van der Waals surface area (Å²) in [6, 6.07) is -0.191. The fourth-order valence-electron chi connectivity index (χ4n) is 11.5. The fourth-order valence-corrected chi connectivity index (χ4v) is 11.5. The number of ether oxygens (including phenoxy) is 5. The molecule has 5 aliphatic carbocycles. The van der Waals surface area contributed by atoms with Crippen LogP contribution in [-0.4, -0.2) is 104 Å². The average Bonchev–Trinajstić information content (AvgIpc) is 3.35. The summed E-state index contributed by atoms with van der Waals surface area (Å²) in [7, 11) is 5.25. The van der Waals surface area contributed by atoms with Crippen molar-refractivity contribution in [2.45, 2.75) is 86.8 Å². The van der Waals surface area contributed by atoms with E-state index in [1.807, 2.05) is 0 Å². The van der Waals surface area contributed by atoms with E-state index < -0.39 is 28.3 Å². The molecule has 3 spiro atoms. The van der Waals surface area contributed by atoms with Gasteiger partial charge < -0.3 is 33.9 Å². The van der Waals surface area contributed by atoms with Gasteiger partial charge in [0.05, 0.1) is 41.5 Å². The van der Waals surface area contributed by atoms with Gasteiger partial charge in [0.15, 0.2) is 0 Å². The second-order valence-corrected chi connectivity index (χ2v) is 12.3. The number of aliphatic hydroxyl groups excluding tert-OH is 1. The van der Waals surface area contributed by atoms with E-state index >= 15 is 0 Å². The van der Waals surface area contributed by atoms with Crippen molar-refractivity contribution in [2.75, 3.05) is 41.2 Å². The molecule has 7 bridgehead atoms. The van der Waals surface area contributed by atoms with Crippen LogP contribution >= 0.6 is 0 Å². The smallest absolute Gasteiger partial charge is 0.148 e. The molecule has 7 aliphatic rings. The van der Waals surface area contributed by atoms with Crippen LogP contribution in [-0.2, 0) is 23.7 Å². The summed E-state index contributed by atoms with van der Waals surface area (Å²) in [5, 5.41) is 25.6. The Bertz CT molecular complexity index is 874. The molecule has 5 saturated carbocycles. The molecule has 2 saturated heterocycles. The van der Waals surface area contributed by atoms with Crippen LogP contribution < -0.4 is 0 Å². The lowest BCUT2D eigenvalue weighted by Gasteiger charge is -2.72. The van der Waals surface area contributed by atoms with Gasteiger partial charge in [0, 0.05) is 52.0 Å². The zero-order valence-electron chi connectivity index (χ0n) is 20.5. The van der Waals surface area contributed by atoms with Crippen LogP contribution in [0.5, 0.6) is 0 Å². The van der Waals surface area contributed by atoms with Gasteiger partial charge in [-0.3, -0.25) is 4.90 Å². The molecule has 0 radical (unpaired) electrons. The molecule has 8 heteroatoms. The van der Waals surface area contributed by atoms with E-state index in [9.17, 15) is 10.2 Å². The molecule has 0 amide bonds. The van der Waals surface area contributed by atoms with E-state index in [0.29, 0.717) is 12.8 Å². The van der Waals surface area contributed by atoms with Crippen molar-refractivity contribution < 1.29 is 33.9 Å². The van der Waals surface area contributed by atoms with E-state index in [-0.39, 0.29) is 54.3 Å². The molecule has 2 N–H and O–H groups in total. The van der Waals surface area contributed by atoms with Gasteiger partial charge in [-0.25, -0.2) is 0 Å². The first kappa shape index (κ1) is 21.9. The van der Waals surface area contributed by atoms with E-state index in [1.54, 1.807) is 21.3 Å². The van der Waals surface area contributed by atoms with Crippen LogP contribution in [0, 0.1) is 28.6 Å². The molecule has 1 unspecified atom stereocenters. The van der Waals surface area contributed by atoms with Gasteiger partial charge in [-0.2, -0.15) is 0 Å². The number of nitrogens with zero attached hydrogens (tertiary/aromatic N) is 1. The van der Waals surface area contributed by atoms with Crippen molar-refractivity contribution in [1.29, 1.82) is 0 Å². The predicted molar refractivity (Wildman–Crippen MR) is 116 cm³/mol. The first-order valence-electron chi connectivity index (χ1n) is 12.8. The maximum absolute atomic E-state index is 13.2. The van der Waals surface area contributed by atoms with Gasteiger partial charge in [0.1, 0.15) is 18.0 Å². The number of methoxy groups -OCH3 is 3. The van der Waals surface area contributed by atoms with Crippen LogP contribution in [0.4, 0.5) is 0 Å². The largest absolute Gasteiger partial charge is 0.390 e. The third-order valence-corrected chi connectivity index (χ3v) is 11.9. The number of aliphatic hydroxyl groups is 2. The second kappa shape index (κ2) is 6.32. The Morgan fingerprint density at radius 1 is 1.06 bits per heavy atom. The van der Waals surface area contributed by atoms with E-state index in [4.69, 9.17) is 23.7 Å². The molecule has 8 nitrogen and oxygen atoms in total. The van der Waals surface area contributed by atoms with Crippen LogP contribution in [0.3, 0.4) is 0 Å². The Morgan fingerprint density at radius 2 is 1.85 bits per heavy atom. The lowest BCUT2D eigenvalue weighted by Crippen LogP contribution is -2.85. The Kier molecular flexibility index (Phi) is 4.20. The van der Waals surface area contributed by atoms with Crippen LogP contribution in [0.25, 0.3) is 0 Å². The highest BCUT2D eigenvalue weighted by Gasteiger charge is 2.96. The Morgan fingerprint density at radius 3 is 2.52 bits per heavy atom. The molecular weight excluding hydrogens is 426 g/mol. The SMILES string of the molecule is CCN1C[C@]2(C)CC[C@H](OC)[C@@]34C1[C@]1(OCO[C@@]15C[C@H](OC)[C@H]1C[C@]3(O)[C@@H]5[C@H]1OC)[C@@H](O)[C@H]24. The zero-order valence-corrected chi connectivity index (χ0v) is 20.5. The van der Waals surface area contributed by atoms with Crippen molar-refractivity contribution in [3.63, 3.8) is 0 Å². The summed E-state index contributed by atoms with van der Waals surface area (Å²) in [5.74, 6) is -0.376. The topological polar surface area (TPSA) is 89.9 Å². The van der Waals surface area contributed by atoms with Crippen LogP contribution in [0.2, 0.25) is 0 Å². The summed E-state index contributed by atoms with van der Waals surface area (Å²) in [4.78, 5) is 2.48. The zero-order chi connectivity index (χ0) is 23.2. The van der Waals surface area contributed by atoms with E-state index in [1.165, 1.54) is 0 Å². The maximum atomic E-state index is 13.2. The quantitative estimate of drug-likeness (QED) is 0.630. The third-order valence-electron chi connectivity index (χ3n) is 11.9. The van der Waals surface area contributed by atoms with Crippen LogP contribution in [0.1, 0.15) is 39.5 Å². The van der Waals surface area contributed by atoms with E-state index in [2.05, 4.69) is 18.7 Å². The van der Waals surface area contributed by atoms with Gasteiger partial charge in [-0.15, -0.1) is 0 Å². The molecule has 13 atom stereocenters. The maximum Gasteiger partial charge on any atom is 0.148 e. The van der Waals surface area contributed by atoms with Crippen molar-refractivity contribution >= 4 is 0 Å². The van der Waals surface area contributed by atoms with Gasteiger partial charge in [-0.1, -0.05) is 13.8 Å². The summed E-state index contributed by atoms with van der Waals surface area (Å²) < 4.78 is 31.8. The monoisotopic (exact) mass is 465 g/mol. The number of hydrogen-bond acceptors (Lipinski definition) is 8. The summed E-state index contributed by atoms with van der Waals surface area (Å²) in [6.45, 7) is 6.32.